The van der Waals surface area contributed by atoms with Gasteiger partial charge in [-0.05, 0) is 50.6 Å². The van der Waals surface area contributed by atoms with Crippen LogP contribution in [0.15, 0.2) is 48.7 Å². The van der Waals surface area contributed by atoms with Crippen molar-refractivity contribution >= 4 is 35.2 Å². The summed E-state index contributed by atoms with van der Waals surface area (Å²) in [4.78, 5) is 47.5. The Bertz CT molecular complexity index is 1550. The minimum atomic E-state index is -1.16. The number of likely N-dealkylation sites (N-methyl/N-ethyl adjacent to an activating group) is 1. The number of rotatable bonds is 9. The smallest absolute Gasteiger partial charge is 0.255 e. The Hall–Kier alpha value is -3.84. The summed E-state index contributed by atoms with van der Waals surface area (Å²) in [6, 6.07) is 12.3. The van der Waals surface area contributed by atoms with Crippen LogP contribution in [0.4, 0.5) is 11.8 Å². The molecule has 3 aliphatic heterocycles. The largest absolute Gasteiger partial charge is 0.394 e. The van der Waals surface area contributed by atoms with Gasteiger partial charge in [0.05, 0.1) is 35.3 Å². The number of benzene rings is 1. The van der Waals surface area contributed by atoms with Crippen LogP contribution in [-0.4, -0.2) is 107 Å². The fourth-order valence-corrected chi connectivity index (χ4v) is 6.59. The monoisotopic (exact) mass is 634 g/mol. The second-order valence-electron chi connectivity index (χ2n) is 11.9. The van der Waals surface area contributed by atoms with Crippen LogP contribution in [0.3, 0.4) is 0 Å². The van der Waals surface area contributed by atoms with Crippen molar-refractivity contribution in [1.29, 1.82) is 0 Å². The zero-order valence-corrected chi connectivity index (χ0v) is 26.3. The van der Waals surface area contributed by atoms with E-state index in [1.807, 2.05) is 31.2 Å². The third-order valence-electron chi connectivity index (χ3n) is 8.99. The summed E-state index contributed by atoms with van der Waals surface area (Å²) < 4.78 is 5.47. The van der Waals surface area contributed by atoms with Gasteiger partial charge in [-0.15, -0.1) is 0 Å². The predicted octanol–water partition coefficient (Wildman–Crippen LogP) is 2.44. The van der Waals surface area contributed by atoms with Crippen molar-refractivity contribution in [1.82, 2.24) is 30.1 Å². The highest BCUT2D eigenvalue weighted by Crippen LogP contribution is 2.45. The predicted molar refractivity (Wildman–Crippen MR) is 170 cm³/mol. The summed E-state index contributed by atoms with van der Waals surface area (Å²) in [5.74, 6) is 0.441. The average Bonchev–Trinajstić information content (AvgIpc) is 3.27. The Morgan fingerprint density at radius 3 is 2.62 bits per heavy atom. The third kappa shape index (κ3) is 6.32. The number of anilines is 2. The summed E-state index contributed by atoms with van der Waals surface area (Å²) in [6.07, 6.45) is 3.18. The van der Waals surface area contributed by atoms with Gasteiger partial charge < -0.3 is 35.2 Å². The molecule has 6 rings (SSSR count). The van der Waals surface area contributed by atoms with Crippen molar-refractivity contribution in [3.8, 4) is 0 Å². The Morgan fingerprint density at radius 1 is 1.11 bits per heavy atom. The van der Waals surface area contributed by atoms with E-state index >= 15 is 0 Å². The fraction of sp³-hybridized carbons (Fsp3) is 0.469. The van der Waals surface area contributed by atoms with E-state index in [0.717, 1.165) is 44.8 Å². The Morgan fingerprint density at radius 2 is 1.87 bits per heavy atom. The van der Waals surface area contributed by atoms with Crippen molar-refractivity contribution in [2.24, 2.45) is 0 Å². The summed E-state index contributed by atoms with van der Waals surface area (Å²) in [5, 5.41) is 16.9. The van der Waals surface area contributed by atoms with E-state index in [9.17, 15) is 14.7 Å². The Balaban J connectivity index is 1.25. The number of nitrogens with one attached hydrogen (secondary N) is 2. The molecule has 2 atom stereocenters. The lowest BCUT2D eigenvalue weighted by atomic mass is 9.88. The highest BCUT2D eigenvalue weighted by atomic mass is 35.5. The van der Waals surface area contributed by atoms with Crippen LogP contribution in [0.1, 0.15) is 53.1 Å². The van der Waals surface area contributed by atoms with E-state index in [0.29, 0.717) is 41.7 Å². The lowest BCUT2D eigenvalue weighted by molar-refractivity contribution is -0.123. The molecule has 0 unspecified atom stereocenters. The van der Waals surface area contributed by atoms with Crippen molar-refractivity contribution in [2.45, 2.75) is 37.4 Å². The molecule has 2 fully saturated rings. The zero-order chi connectivity index (χ0) is 31.6. The van der Waals surface area contributed by atoms with Gasteiger partial charge in [-0.25, -0.2) is 15.0 Å². The van der Waals surface area contributed by atoms with E-state index in [-0.39, 0.29) is 30.1 Å². The average molecular weight is 635 g/mol. The first kappa shape index (κ1) is 31.2. The maximum Gasteiger partial charge on any atom is 0.255 e. The maximum absolute atomic E-state index is 13.9. The molecule has 0 saturated carbocycles. The number of fused-ring (bicyclic) bond motifs is 1. The molecule has 13 heteroatoms. The molecule has 0 radical (unpaired) electrons. The second kappa shape index (κ2) is 13.3. The molecule has 5 heterocycles. The summed E-state index contributed by atoms with van der Waals surface area (Å²) in [7, 11) is 2.09. The number of ether oxygens (including phenoxy) is 1. The Labute approximate surface area is 267 Å². The highest BCUT2D eigenvalue weighted by Gasteiger charge is 2.50. The molecule has 2 aromatic heterocycles. The van der Waals surface area contributed by atoms with Gasteiger partial charge in [0.15, 0.2) is 0 Å². The first-order chi connectivity index (χ1) is 21.8. The number of piperazine rings is 1. The van der Waals surface area contributed by atoms with Gasteiger partial charge >= 0.3 is 0 Å². The standard InChI is InChI=1S/C32H39ClN8O4/c1-32(29-24(33)18-34-31(38-29)35-21-10-16-45-17-11-21)23-7-4-3-6-22(23)30(44)41(32)19-28(43)37-26(20-42)25-8-5-9-27(36-25)40-14-12-39(2)13-15-40/h3-9,18,21,26,42H,10-17,19-20H2,1-2H3,(H,37,43)(H,34,35,38)/t26-,32-/m1/s1. The minimum Gasteiger partial charge on any atom is -0.394 e. The number of hydrogen-bond acceptors (Lipinski definition) is 10. The number of hydrogen-bond donors (Lipinski definition) is 3. The third-order valence-corrected chi connectivity index (χ3v) is 9.26. The van der Waals surface area contributed by atoms with Crippen molar-refractivity contribution < 1.29 is 19.4 Å². The summed E-state index contributed by atoms with van der Waals surface area (Å²) in [5.41, 5.74) is 0.969. The lowest BCUT2D eigenvalue weighted by Gasteiger charge is -2.36. The van der Waals surface area contributed by atoms with Gasteiger partial charge in [-0.3, -0.25) is 9.59 Å². The van der Waals surface area contributed by atoms with E-state index < -0.39 is 17.5 Å². The quantitative estimate of drug-likeness (QED) is 0.322. The van der Waals surface area contributed by atoms with Crippen LogP contribution in [0.25, 0.3) is 0 Å². The number of aromatic nitrogens is 3. The zero-order valence-electron chi connectivity index (χ0n) is 25.6. The minimum absolute atomic E-state index is 0.152. The van der Waals surface area contributed by atoms with Crippen LogP contribution < -0.4 is 15.5 Å². The number of carbonyl (C=O) groups excluding carboxylic acids is 2. The molecule has 3 N–H and O–H groups in total. The van der Waals surface area contributed by atoms with Gasteiger partial charge in [0.25, 0.3) is 5.91 Å². The molecule has 2 saturated heterocycles. The molecular formula is C32H39ClN8O4. The molecule has 2 amide bonds. The number of aliphatic hydroxyl groups is 1. The van der Waals surface area contributed by atoms with Gasteiger partial charge in [0.2, 0.25) is 11.9 Å². The molecule has 12 nitrogen and oxygen atoms in total. The van der Waals surface area contributed by atoms with Crippen LogP contribution in [0.5, 0.6) is 0 Å². The summed E-state index contributed by atoms with van der Waals surface area (Å²) >= 11 is 6.74. The molecule has 0 aliphatic carbocycles. The van der Waals surface area contributed by atoms with Crippen molar-refractivity contribution in [2.75, 3.05) is 69.8 Å². The molecule has 1 aromatic carbocycles. The molecule has 238 valence electrons. The SMILES string of the molecule is CN1CCN(c2cccc([C@@H](CO)NC(=O)CN3C(=O)c4ccccc4[C@]3(C)c3nc(NC4CCOCC4)ncc3Cl)n2)CC1. The van der Waals surface area contributed by atoms with E-state index in [1.165, 1.54) is 11.1 Å². The first-order valence-corrected chi connectivity index (χ1v) is 15.7. The fourth-order valence-electron chi connectivity index (χ4n) is 6.32. The number of aliphatic hydroxyl groups excluding tert-OH is 1. The van der Waals surface area contributed by atoms with Gasteiger partial charge in [0, 0.05) is 51.0 Å². The Kier molecular flexibility index (Phi) is 9.18. The summed E-state index contributed by atoms with van der Waals surface area (Å²) in [6.45, 7) is 6.07. The normalized spacial score (nSPS) is 21.5. The first-order valence-electron chi connectivity index (χ1n) is 15.4. The molecule has 0 spiro atoms. The van der Waals surface area contributed by atoms with E-state index in [1.54, 1.807) is 18.2 Å². The molecule has 3 aliphatic rings. The number of carbonyl (C=O) groups is 2. The number of nitrogens with zero attached hydrogens (tertiary/aromatic N) is 6. The topological polar surface area (TPSA) is 136 Å². The number of pyridine rings is 1. The van der Waals surface area contributed by atoms with E-state index in [2.05, 4.69) is 32.5 Å². The van der Waals surface area contributed by atoms with Gasteiger partial charge in [0.1, 0.15) is 17.9 Å². The number of halogens is 1. The molecule has 45 heavy (non-hydrogen) atoms. The highest BCUT2D eigenvalue weighted by molar-refractivity contribution is 6.31. The molecular weight excluding hydrogens is 596 g/mol. The van der Waals surface area contributed by atoms with Crippen molar-refractivity contribution in [3.05, 3.63) is 76.2 Å². The number of amides is 2. The maximum atomic E-state index is 13.9. The second-order valence-corrected chi connectivity index (χ2v) is 12.4. The van der Waals surface area contributed by atoms with Crippen LogP contribution in [-0.2, 0) is 15.1 Å². The van der Waals surface area contributed by atoms with Crippen LogP contribution >= 0.6 is 11.6 Å². The van der Waals surface area contributed by atoms with Gasteiger partial charge in [-0.1, -0.05) is 35.9 Å². The lowest BCUT2D eigenvalue weighted by Crippen LogP contribution is -2.49. The van der Waals surface area contributed by atoms with E-state index in [4.69, 9.17) is 26.3 Å². The molecule has 0 bridgehead atoms. The van der Waals surface area contributed by atoms with Gasteiger partial charge in [-0.2, -0.15) is 0 Å². The van der Waals surface area contributed by atoms with Crippen LogP contribution in [0, 0.1) is 0 Å². The molecule has 3 aromatic rings. The van der Waals surface area contributed by atoms with Crippen LogP contribution in [0.2, 0.25) is 5.02 Å². The van der Waals surface area contributed by atoms with Crippen molar-refractivity contribution in [3.63, 3.8) is 0 Å².